The lowest BCUT2D eigenvalue weighted by molar-refractivity contribution is -0.148. The van der Waals surface area contributed by atoms with Gasteiger partial charge in [-0.2, -0.15) is 0 Å². The topological polar surface area (TPSA) is 76.1 Å². The van der Waals surface area contributed by atoms with E-state index in [9.17, 15) is 9.59 Å². The fourth-order valence-corrected chi connectivity index (χ4v) is 1.89. The van der Waals surface area contributed by atoms with Crippen LogP contribution in [0, 0.1) is 0 Å². The van der Waals surface area contributed by atoms with Crippen molar-refractivity contribution in [1.82, 2.24) is 4.90 Å². The molecule has 0 aliphatic carbocycles. The lowest BCUT2D eigenvalue weighted by Crippen LogP contribution is -2.42. The minimum atomic E-state index is -0.969. The molecule has 0 radical (unpaired) electrons. The van der Waals surface area contributed by atoms with E-state index in [-0.39, 0.29) is 5.76 Å². The Morgan fingerprint density at radius 1 is 1.44 bits per heavy atom. The Hall–Kier alpha value is -1.72. The van der Waals surface area contributed by atoms with Gasteiger partial charge in [0, 0.05) is 6.54 Å². The SMILES string of the molecule is O=C(O)C1CCCN1C(=O)C1=COCCO1. The first kappa shape index (κ1) is 10.8. The molecule has 0 aromatic heterocycles. The van der Waals surface area contributed by atoms with E-state index in [1.54, 1.807) is 0 Å². The maximum Gasteiger partial charge on any atom is 0.326 e. The van der Waals surface area contributed by atoms with Gasteiger partial charge in [-0.1, -0.05) is 0 Å². The second-order valence-electron chi connectivity index (χ2n) is 3.70. The Balaban J connectivity index is 2.08. The molecule has 6 nitrogen and oxygen atoms in total. The third-order valence-corrected chi connectivity index (χ3v) is 2.66. The minimum Gasteiger partial charge on any atom is -0.494 e. The van der Waals surface area contributed by atoms with Crippen LogP contribution in [0.3, 0.4) is 0 Å². The zero-order chi connectivity index (χ0) is 11.5. The lowest BCUT2D eigenvalue weighted by atomic mass is 10.2. The molecule has 0 bridgehead atoms. The molecule has 1 atom stereocenters. The molecule has 2 aliphatic heterocycles. The van der Waals surface area contributed by atoms with Gasteiger partial charge in [0.1, 0.15) is 25.5 Å². The molecule has 1 amide bonds. The van der Waals surface area contributed by atoms with Crippen LogP contribution < -0.4 is 0 Å². The van der Waals surface area contributed by atoms with Crippen molar-refractivity contribution in [2.75, 3.05) is 19.8 Å². The van der Waals surface area contributed by atoms with Crippen molar-refractivity contribution in [1.29, 1.82) is 0 Å². The normalized spacial score (nSPS) is 24.4. The number of ether oxygens (including phenoxy) is 2. The smallest absolute Gasteiger partial charge is 0.326 e. The van der Waals surface area contributed by atoms with E-state index in [4.69, 9.17) is 14.6 Å². The molecule has 0 aromatic rings. The third-order valence-electron chi connectivity index (χ3n) is 2.66. The van der Waals surface area contributed by atoms with E-state index in [2.05, 4.69) is 0 Å². The fraction of sp³-hybridized carbons (Fsp3) is 0.600. The Labute approximate surface area is 92.4 Å². The van der Waals surface area contributed by atoms with Gasteiger partial charge < -0.3 is 19.5 Å². The zero-order valence-electron chi connectivity index (χ0n) is 8.72. The van der Waals surface area contributed by atoms with Crippen LogP contribution in [0.25, 0.3) is 0 Å². The van der Waals surface area contributed by atoms with Crippen LogP contribution in [0.4, 0.5) is 0 Å². The van der Waals surface area contributed by atoms with Crippen molar-refractivity contribution in [3.63, 3.8) is 0 Å². The molecule has 2 heterocycles. The predicted octanol–water partition coefficient (Wildman–Crippen LogP) is -0.0498. The summed E-state index contributed by atoms with van der Waals surface area (Å²) in [4.78, 5) is 24.1. The summed E-state index contributed by atoms with van der Waals surface area (Å²) in [7, 11) is 0. The minimum absolute atomic E-state index is 0.0967. The second-order valence-corrected chi connectivity index (χ2v) is 3.70. The summed E-state index contributed by atoms with van der Waals surface area (Å²) in [5.74, 6) is -1.27. The zero-order valence-corrected chi connectivity index (χ0v) is 8.72. The average molecular weight is 227 g/mol. The van der Waals surface area contributed by atoms with Crippen molar-refractivity contribution in [3.8, 4) is 0 Å². The summed E-state index contributed by atoms with van der Waals surface area (Å²) in [6.07, 6.45) is 2.45. The highest BCUT2D eigenvalue weighted by atomic mass is 16.6. The van der Waals surface area contributed by atoms with Crippen LogP contribution in [-0.4, -0.2) is 47.7 Å². The highest BCUT2D eigenvalue weighted by molar-refractivity contribution is 5.94. The number of carboxylic acids is 1. The number of aliphatic carboxylic acids is 1. The summed E-state index contributed by atoms with van der Waals surface area (Å²) < 4.78 is 10.1. The molecule has 2 rings (SSSR count). The molecule has 88 valence electrons. The van der Waals surface area contributed by atoms with Crippen LogP contribution in [0.15, 0.2) is 12.0 Å². The molecule has 16 heavy (non-hydrogen) atoms. The van der Waals surface area contributed by atoms with Crippen LogP contribution in [0.5, 0.6) is 0 Å². The quantitative estimate of drug-likeness (QED) is 0.715. The van der Waals surface area contributed by atoms with Gasteiger partial charge in [0.2, 0.25) is 5.76 Å². The van der Waals surface area contributed by atoms with Crippen molar-refractivity contribution in [2.45, 2.75) is 18.9 Å². The standard InChI is InChI=1S/C10H13NO5/c12-9(8-6-15-4-5-16-8)11-3-1-2-7(11)10(13)14/h6-7H,1-5H2,(H,13,14). The van der Waals surface area contributed by atoms with Crippen LogP contribution >= 0.6 is 0 Å². The Bertz CT molecular complexity index is 338. The van der Waals surface area contributed by atoms with Gasteiger partial charge in [-0.15, -0.1) is 0 Å². The summed E-state index contributed by atoms with van der Waals surface area (Å²) in [6.45, 7) is 1.19. The monoisotopic (exact) mass is 227 g/mol. The highest BCUT2D eigenvalue weighted by Crippen LogP contribution is 2.21. The van der Waals surface area contributed by atoms with E-state index in [0.717, 1.165) is 0 Å². The molecular weight excluding hydrogens is 214 g/mol. The third kappa shape index (κ3) is 1.95. The van der Waals surface area contributed by atoms with Gasteiger partial charge in [-0.25, -0.2) is 4.79 Å². The molecule has 1 unspecified atom stereocenters. The molecule has 6 heteroatoms. The van der Waals surface area contributed by atoms with Gasteiger partial charge in [0.15, 0.2) is 0 Å². The summed E-state index contributed by atoms with van der Waals surface area (Å²) in [5.41, 5.74) is 0. The average Bonchev–Trinajstić information content (AvgIpc) is 2.78. The Kier molecular flexibility index (Phi) is 2.98. The van der Waals surface area contributed by atoms with E-state index in [1.165, 1.54) is 11.2 Å². The van der Waals surface area contributed by atoms with Gasteiger partial charge in [-0.05, 0) is 12.8 Å². The fourth-order valence-electron chi connectivity index (χ4n) is 1.89. The number of nitrogens with zero attached hydrogens (tertiary/aromatic N) is 1. The number of rotatable bonds is 2. The highest BCUT2D eigenvalue weighted by Gasteiger charge is 2.36. The van der Waals surface area contributed by atoms with Gasteiger partial charge in [0.25, 0.3) is 5.91 Å². The summed E-state index contributed by atoms with van der Waals surface area (Å²) >= 11 is 0. The lowest BCUT2D eigenvalue weighted by Gasteiger charge is -2.23. The number of carbonyl (C=O) groups excluding carboxylic acids is 1. The van der Waals surface area contributed by atoms with Gasteiger partial charge in [-0.3, -0.25) is 4.79 Å². The number of hydrogen-bond acceptors (Lipinski definition) is 4. The van der Waals surface area contributed by atoms with Gasteiger partial charge >= 0.3 is 5.97 Å². The molecule has 0 spiro atoms. The number of carboxylic acid groups (broad SMARTS) is 1. The number of likely N-dealkylation sites (tertiary alicyclic amines) is 1. The molecular formula is C10H13NO5. The van der Waals surface area contributed by atoms with Crippen LogP contribution in [-0.2, 0) is 19.1 Å². The predicted molar refractivity (Wildman–Crippen MR) is 52.4 cm³/mol. The summed E-state index contributed by atoms with van der Waals surface area (Å²) in [6, 6.07) is -0.737. The van der Waals surface area contributed by atoms with Gasteiger partial charge in [0.05, 0.1) is 0 Å². The number of amides is 1. The first-order valence-corrected chi connectivity index (χ1v) is 5.18. The number of hydrogen-bond donors (Lipinski definition) is 1. The molecule has 0 saturated carbocycles. The first-order chi connectivity index (χ1) is 7.70. The molecule has 1 saturated heterocycles. The van der Waals surface area contributed by atoms with Crippen LogP contribution in [0.1, 0.15) is 12.8 Å². The van der Waals surface area contributed by atoms with E-state index >= 15 is 0 Å². The van der Waals surface area contributed by atoms with E-state index in [1.807, 2.05) is 0 Å². The van der Waals surface area contributed by atoms with Crippen molar-refractivity contribution < 1.29 is 24.2 Å². The first-order valence-electron chi connectivity index (χ1n) is 5.18. The van der Waals surface area contributed by atoms with E-state index < -0.39 is 17.9 Å². The van der Waals surface area contributed by atoms with E-state index in [0.29, 0.717) is 32.6 Å². The van der Waals surface area contributed by atoms with Crippen molar-refractivity contribution in [3.05, 3.63) is 12.0 Å². The molecule has 1 fully saturated rings. The second kappa shape index (κ2) is 4.42. The van der Waals surface area contributed by atoms with Crippen molar-refractivity contribution >= 4 is 11.9 Å². The van der Waals surface area contributed by atoms with Crippen LogP contribution in [0.2, 0.25) is 0 Å². The molecule has 0 aromatic carbocycles. The Morgan fingerprint density at radius 2 is 2.25 bits per heavy atom. The Morgan fingerprint density at radius 3 is 2.88 bits per heavy atom. The summed E-state index contributed by atoms with van der Waals surface area (Å²) in [5, 5.41) is 8.95. The number of carbonyl (C=O) groups is 2. The maximum absolute atomic E-state index is 11.9. The largest absolute Gasteiger partial charge is 0.494 e. The molecule has 2 aliphatic rings. The molecule has 1 N–H and O–H groups in total. The maximum atomic E-state index is 11.9. The van der Waals surface area contributed by atoms with Crippen molar-refractivity contribution in [2.24, 2.45) is 0 Å².